The fourth-order valence-corrected chi connectivity index (χ4v) is 4.86. The van der Waals surface area contributed by atoms with E-state index in [0.717, 1.165) is 44.8 Å². The Kier molecular flexibility index (Phi) is 5.60. The number of fused-ring (bicyclic) bond motifs is 1. The number of amides is 1. The maximum atomic E-state index is 12.4. The quantitative estimate of drug-likeness (QED) is 0.333. The second-order valence-corrected chi connectivity index (χ2v) is 9.20. The molecule has 2 N–H and O–H groups in total. The van der Waals surface area contributed by atoms with Crippen molar-refractivity contribution in [3.05, 3.63) is 85.0 Å². The zero-order valence-electron chi connectivity index (χ0n) is 21.0. The molecule has 1 amide bonds. The third-order valence-corrected chi connectivity index (χ3v) is 6.76. The molecule has 5 aromatic rings. The molecular formula is C29H25N7O2. The molecule has 0 atom stereocenters. The lowest BCUT2D eigenvalue weighted by Gasteiger charge is -2.16. The number of aromatic nitrogens is 5. The maximum absolute atomic E-state index is 12.4. The van der Waals surface area contributed by atoms with Gasteiger partial charge in [0, 0.05) is 42.3 Å². The largest absolute Gasteiger partial charge is 0.424 e. The Bertz CT molecular complexity index is 1710. The fourth-order valence-electron chi connectivity index (χ4n) is 4.86. The van der Waals surface area contributed by atoms with Gasteiger partial charge >= 0.3 is 6.01 Å². The lowest BCUT2D eigenvalue weighted by molar-refractivity contribution is -0.114. The van der Waals surface area contributed by atoms with E-state index in [1.165, 1.54) is 6.33 Å². The van der Waals surface area contributed by atoms with Gasteiger partial charge in [0.25, 0.3) is 5.91 Å². The molecule has 0 bridgehead atoms. The van der Waals surface area contributed by atoms with Gasteiger partial charge in [0.15, 0.2) is 0 Å². The van der Waals surface area contributed by atoms with Gasteiger partial charge in [-0.05, 0) is 54.8 Å². The van der Waals surface area contributed by atoms with Crippen molar-refractivity contribution in [2.75, 3.05) is 17.2 Å². The van der Waals surface area contributed by atoms with Gasteiger partial charge in [-0.25, -0.2) is 19.9 Å². The zero-order chi connectivity index (χ0) is 26.4. The number of carbonyl (C=O) groups excluding carboxylic acids is 1. The van der Waals surface area contributed by atoms with Crippen molar-refractivity contribution < 1.29 is 9.53 Å². The molecule has 3 aromatic heterocycles. The number of ether oxygens (including phenoxy) is 1. The van der Waals surface area contributed by atoms with Crippen LogP contribution in [0.15, 0.2) is 79.3 Å². The molecule has 0 unspecified atom stereocenters. The predicted molar refractivity (Wildman–Crippen MR) is 147 cm³/mol. The van der Waals surface area contributed by atoms with Gasteiger partial charge in [0.2, 0.25) is 0 Å². The molecule has 188 valence electrons. The van der Waals surface area contributed by atoms with Crippen LogP contribution in [0, 0.1) is 6.92 Å². The van der Waals surface area contributed by atoms with Gasteiger partial charge in [-0.3, -0.25) is 4.79 Å². The Morgan fingerprint density at radius 1 is 0.974 bits per heavy atom. The van der Waals surface area contributed by atoms with Gasteiger partial charge in [-0.2, -0.15) is 0 Å². The summed E-state index contributed by atoms with van der Waals surface area (Å²) in [6, 6.07) is 17.7. The normalized spacial score (nSPS) is 13.5. The average Bonchev–Trinajstić information content (AvgIpc) is 3.41. The number of carbonyl (C=O) groups is 1. The van der Waals surface area contributed by atoms with Crippen LogP contribution in [0.4, 0.5) is 11.5 Å². The number of nitrogen functional groups attached to an aromatic ring is 1. The van der Waals surface area contributed by atoms with E-state index in [-0.39, 0.29) is 5.91 Å². The topological polar surface area (TPSA) is 112 Å². The van der Waals surface area contributed by atoms with E-state index in [1.807, 2.05) is 73.1 Å². The SMILES string of the molecule is C=C1CCN(c2ccc(-c3c(-c4ccc(Oc5nccc(C)n5)cc4)c4c(N)ncnc4n3C)cc2)C1=O. The fraction of sp³-hybridized carbons (Fsp3) is 0.138. The Morgan fingerprint density at radius 2 is 1.71 bits per heavy atom. The van der Waals surface area contributed by atoms with Gasteiger partial charge in [-0.1, -0.05) is 30.8 Å². The highest BCUT2D eigenvalue weighted by molar-refractivity contribution is 6.09. The summed E-state index contributed by atoms with van der Waals surface area (Å²) in [6.07, 6.45) is 3.82. The molecule has 0 radical (unpaired) electrons. The molecule has 9 nitrogen and oxygen atoms in total. The number of benzene rings is 2. The average molecular weight is 504 g/mol. The number of nitrogens with zero attached hydrogens (tertiary/aromatic N) is 6. The second-order valence-electron chi connectivity index (χ2n) is 9.20. The van der Waals surface area contributed by atoms with Crippen LogP contribution in [-0.4, -0.2) is 37.0 Å². The third-order valence-electron chi connectivity index (χ3n) is 6.76. The van der Waals surface area contributed by atoms with Gasteiger partial charge < -0.3 is 19.9 Å². The summed E-state index contributed by atoms with van der Waals surface area (Å²) in [5, 5.41) is 0.774. The van der Waals surface area contributed by atoms with E-state index in [2.05, 4.69) is 26.5 Å². The first-order valence-electron chi connectivity index (χ1n) is 12.2. The van der Waals surface area contributed by atoms with E-state index in [9.17, 15) is 4.79 Å². The number of aryl methyl sites for hydroxylation is 2. The smallest absolute Gasteiger partial charge is 0.322 e. The minimum Gasteiger partial charge on any atom is -0.424 e. The van der Waals surface area contributed by atoms with E-state index in [4.69, 9.17) is 10.5 Å². The molecule has 38 heavy (non-hydrogen) atoms. The van der Waals surface area contributed by atoms with E-state index >= 15 is 0 Å². The molecule has 1 aliphatic rings. The molecule has 4 heterocycles. The first-order valence-corrected chi connectivity index (χ1v) is 12.2. The van der Waals surface area contributed by atoms with Crippen LogP contribution >= 0.6 is 0 Å². The highest BCUT2D eigenvalue weighted by Gasteiger charge is 2.26. The maximum Gasteiger partial charge on any atom is 0.322 e. The number of hydrogen-bond donors (Lipinski definition) is 1. The number of nitrogens with two attached hydrogens (primary N) is 1. The molecule has 0 spiro atoms. The van der Waals surface area contributed by atoms with Gasteiger partial charge in [0.05, 0.1) is 11.1 Å². The summed E-state index contributed by atoms with van der Waals surface area (Å²) in [4.78, 5) is 31.5. The van der Waals surface area contributed by atoms with Crippen LogP contribution in [0.5, 0.6) is 11.8 Å². The molecule has 2 aromatic carbocycles. The highest BCUT2D eigenvalue weighted by atomic mass is 16.5. The van der Waals surface area contributed by atoms with Crippen LogP contribution in [0.2, 0.25) is 0 Å². The molecule has 0 saturated carbocycles. The van der Waals surface area contributed by atoms with Crippen LogP contribution in [0.3, 0.4) is 0 Å². The highest BCUT2D eigenvalue weighted by Crippen LogP contribution is 2.42. The van der Waals surface area contributed by atoms with Crippen LogP contribution in [0.25, 0.3) is 33.4 Å². The molecule has 0 aliphatic carbocycles. The minimum absolute atomic E-state index is 0.0236. The summed E-state index contributed by atoms with van der Waals surface area (Å²) in [5.41, 5.74) is 13.2. The van der Waals surface area contributed by atoms with Gasteiger partial charge in [0.1, 0.15) is 23.5 Å². The summed E-state index contributed by atoms with van der Waals surface area (Å²) in [5.74, 6) is 0.995. The van der Waals surface area contributed by atoms with Crippen molar-refractivity contribution >= 4 is 28.4 Å². The van der Waals surface area contributed by atoms with Crippen molar-refractivity contribution in [2.45, 2.75) is 13.3 Å². The first kappa shape index (κ1) is 23.4. The Labute approximate surface area is 219 Å². The Morgan fingerprint density at radius 3 is 2.39 bits per heavy atom. The summed E-state index contributed by atoms with van der Waals surface area (Å²) in [7, 11) is 1.96. The second kappa shape index (κ2) is 9.11. The van der Waals surface area contributed by atoms with Crippen molar-refractivity contribution in [2.24, 2.45) is 7.05 Å². The molecule has 1 saturated heterocycles. The standard InChI is InChI=1S/C29H25N7O2/c1-17-13-15-36(28(17)37)21-8-4-20(5-9-21)25-23(24-26(30)32-16-33-27(24)35(25)3)19-6-10-22(11-7-19)38-29-31-14-12-18(2)34-29/h4-12,14,16H,1,13,15H2,2-3H3,(H2,30,32,33). The molecule has 1 fully saturated rings. The molecule has 9 heteroatoms. The van der Waals surface area contributed by atoms with E-state index < -0.39 is 0 Å². The van der Waals surface area contributed by atoms with Gasteiger partial charge in [-0.15, -0.1) is 0 Å². The zero-order valence-corrected chi connectivity index (χ0v) is 21.0. The monoisotopic (exact) mass is 503 g/mol. The van der Waals surface area contributed by atoms with E-state index in [0.29, 0.717) is 36.1 Å². The lowest BCUT2D eigenvalue weighted by Crippen LogP contribution is -2.24. The van der Waals surface area contributed by atoms with Crippen LogP contribution in [-0.2, 0) is 11.8 Å². The van der Waals surface area contributed by atoms with Crippen molar-refractivity contribution in [1.29, 1.82) is 0 Å². The van der Waals surface area contributed by atoms with Crippen molar-refractivity contribution in [3.63, 3.8) is 0 Å². The minimum atomic E-state index is -0.0236. The first-order chi connectivity index (χ1) is 18.4. The summed E-state index contributed by atoms with van der Waals surface area (Å²) < 4.78 is 7.86. The molecular weight excluding hydrogens is 478 g/mol. The van der Waals surface area contributed by atoms with E-state index in [1.54, 1.807) is 11.1 Å². The summed E-state index contributed by atoms with van der Waals surface area (Å²) >= 11 is 0. The lowest BCUT2D eigenvalue weighted by atomic mass is 9.98. The number of rotatable bonds is 5. The third kappa shape index (κ3) is 3.94. The predicted octanol–water partition coefficient (Wildman–Crippen LogP) is 5.07. The van der Waals surface area contributed by atoms with Crippen molar-refractivity contribution in [3.8, 4) is 34.1 Å². The van der Waals surface area contributed by atoms with Crippen LogP contribution in [0.1, 0.15) is 12.1 Å². The van der Waals surface area contributed by atoms with Crippen LogP contribution < -0.4 is 15.4 Å². The molecule has 6 rings (SSSR count). The Balaban J connectivity index is 1.43. The number of anilines is 2. The Hall–Kier alpha value is -5.05. The summed E-state index contributed by atoms with van der Waals surface area (Å²) in [6.45, 7) is 6.39. The number of hydrogen-bond acceptors (Lipinski definition) is 7. The van der Waals surface area contributed by atoms with Crippen molar-refractivity contribution in [1.82, 2.24) is 24.5 Å². The molecule has 1 aliphatic heterocycles.